The summed E-state index contributed by atoms with van der Waals surface area (Å²) in [7, 11) is 1.43. The van der Waals surface area contributed by atoms with Crippen LogP contribution in [-0.2, 0) is 22.4 Å². The second-order valence-corrected chi connectivity index (χ2v) is 7.90. The van der Waals surface area contributed by atoms with Crippen molar-refractivity contribution in [2.45, 2.75) is 25.7 Å². The number of fused-ring (bicyclic) bond motifs is 1. The predicted molar refractivity (Wildman–Crippen MR) is 120 cm³/mol. The smallest absolute Gasteiger partial charge is 0.259 e. The number of hydrogen-bond acceptors (Lipinski definition) is 6. The van der Waals surface area contributed by atoms with Crippen molar-refractivity contribution >= 4 is 34.0 Å². The minimum atomic E-state index is -0.483. The van der Waals surface area contributed by atoms with E-state index in [1.54, 1.807) is 12.1 Å². The van der Waals surface area contributed by atoms with Gasteiger partial charge in [-0.2, -0.15) is 5.10 Å². The average Bonchev–Trinajstić information content (AvgIpc) is 2.78. The third-order valence-electron chi connectivity index (χ3n) is 4.81. The average molecular weight is 490 g/mol. The van der Waals surface area contributed by atoms with Crippen LogP contribution in [0.5, 0.6) is 17.2 Å². The summed E-state index contributed by atoms with van der Waals surface area (Å²) in [6, 6.07) is 9.09. The topological polar surface area (TPSA) is 109 Å². The van der Waals surface area contributed by atoms with Gasteiger partial charge >= 0.3 is 0 Å². The Bertz CT molecular complexity index is 993. The summed E-state index contributed by atoms with van der Waals surface area (Å²) in [4.78, 5) is 23.8. The van der Waals surface area contributed by atoms with Crippen molar-refractivity contribution in [2.24, 2.45) is 5.10 Å². The number of rotatable bonds is 8. The number of methoxy groups -OCH3 is 1. The van der Waals surface area contributed by atoms with Crippen LogP contribution in [-0.4, -0.2) is 43.4 Å². The number of ether oxygens (including phenoxy) is 2. The fourth-order valence-corrected chi connectivity index (χ4v) is 3.68. The Morgan fingerprint density at radius 2 is 1.94 bits per heavy atom. The number of aryl methyl sites for hydroxylation is 2. The molecule has 0 unspecified atom stereocenters. The fourth-order valence-electron chi connectivity index (χ4n) is 3.22. The third-order valence-corrected chi connectivity index (χ3v) is 5.41. The maximum atomic E-state index is 11.9. The van der Waals surface area contributed by atoms with Gasteiger partial charge < -0.3 is 19.9 Å². The van der Waals surface area contributed by atoms with E-state index in [0.717, 1.165) is 12.8 Å². The van der Waals surface area contributed by atoms with Gasteiger partial charge in [-0.3, -0.25) is 9.59 Å². The Morgan fingerprint density at radius 3 is 2.71 bits per heavy atom. The van der Waals surface area contributed by atoms with Gasteiger partial charge in [0, 0.05) is 0 Å². The van der Waals surface area contributed by atoms with Crippen LogP contribution in [0.3, 0.4) is 0 Å². The number of hydrazone groups is 1. The fraction of sp³-hybridized carbons (Fsp3) is 0.318. The van der Waals surface area contributed by atoms with Crippen LogP contribution in [0.1, 0.15) is 29.5 Å². The first-order valence-electron chi connectivity index (χ1n) is 9.86. The number of carbonyl (C=O) groups is 2. The highest BCUT2D eigenvalue weighted by Crippen LogP contribution is 2.34. The molecule has 9 heteroatoms. The van der Waals surface area contributed by atoms with E-state index >= 15 is 0 Å². The Kier molecular flexibility index (Phi) is 7.88. The van der Waals surface area contributed by atoms with Gasteiger partial charge in [-0.25, -0.2) is 5.43 Å². The van der Waals surface area contributed by atoms with Gasteiger partial charge in [0.15, 0.2) is 18.1 Å². The summed E-state index contributed by atoms with van der Waals surface area (Å²) < 4.78 is 11.0. The Morgan fingerprint density at radius 1 is 1.16 bits per heavy atom. The molecule has 2 aromatic rings. The van der Waals surface area contributed by atoms with Gasteiger partial charge in [0.2, 0.25) is 0 Å². The van der Waals surface area contributed by atoms with Crippen molar-refractivity contribution in [3.8, 4) is 17.2 Å². The zero-order valence-electron chi connectivity index (χ0n) is 17.1. The summed E-state index contributed by atoms with van der Waals surface area (Å²) in [6.45, 7) is -0.400. The summed E-state index contributed by atoms with van der Waals surface area (Å²) in [5.41, 5.74) is 5.55. The first-order valence-corrected chi connectivity index (χ1v) is 10.6. The van der Waals surface area contributed by atoms with Gasteiger partial charge in [0.25, 0.3) is 11.8 Å². The van der Waals surface area contributed by atoms with Crippen molar-refractivity contribution in [2.75, 3.05) is 20.3 Å². The Hall–Kier alpha value is -3.07. The Labute approximate surface area is 188 Å². The van der Waals surface area contributed by atoms with Crippen molar-refractivity contribution in [1.82, 2.24) is 10.7 Å². The van der Waals surface area contributed by atoms with Crippen LogP contribution in [0, 0.1) is 0 Å². The van der Waals surface area contributed by atoms with E-state index in [2.05, 4.69) is 37.8 Å². The molecule has 0 saturated heterocycles. The molecule has 2 aromatic carbocycles. The van der Waals surface area contributed by atoms with Crippen LogP contribution < -0.4 is 20.2 Å². The quantitative estimate of drug-likeness (QED) is 0.390. The van der Waals surface area contributed by atoms with Crippen molar-refractivity contribution < 1.29 is 24.2 Å². The van der Waals surface area contributed by atoms with Crippen LogP contribution in [0.2, 0.25) is 0 Å². The molecule has 1 aliphatic rings. The number of halogens is 1. The zero-order valence-corrected chi connectivity index (χ0v) is 18.7. The van der Waals surface area contributed by atoms with Crippen LogP contribution >= 0.6 is 15.9 Å². The number of benzene rings is 2. The van der Waals surface area contributed by atoms with Crippen molar-refractivity contribution in [3.05, 3.63) is 51.5 Å². The molecule has 2 amide bonds. The summed E-state index contributed by atoms with van der Waals surface area (Å²) >= 11 is 3.21. The molecule has 8 nitrogen and oxygen atoms in total. The van der Waals surface area contributed by atoms with E-state index in [1.165, 1.54) is 37.3 Å². The highest BCUT2D eigenvalue weighted by Gasteiger charge is 2.11. The van der Waals surface area contributed by atoms with Crippen LogP contribution in [0.15, 0.2) is 39.9 Å². The standard InChI is InChI=1S/C22H24BrN3O5/c1-30-19-9-14(8-18(23)22(19)29)11-25-26-20(27)12-24-21(28)13-31-17-7-6-15-4-2-3-5-16(15)10-17/h6-11,29H,2-5,12-13H2,1H3,(H,24,28)(H,26,27)/b25-11-. The van der Waals surface area contributed by atoms with E-state index < -0.39 is 11.8 Å². The molecule has 1 aliphatic carbocycles. The van der Waals surface area contributed by atoms with E-state index in [1.807, 2.05) is 12.1 Å². The van der Waals surface area contributed by atoms with Gasteiger partial charge in [-0.15, -0.1) is 0 Å². The number of hydrogen-bond donors (Lipinski definition) is 3. The number of carbonyl (C=O) groups excluding carboxylic acids is 2. The van der Waals surface area contributed by atoms with Gasteiger partial charge in [-0.1, -0.05) is 6.07 Å². The maximum Gasteiger partial charge on any atom is 0.259 e. The number of nitrogens with one attached hydrogen (secondary N) is 2. The Balaban J connectivity index is 1.41. The number of nitrogens with zero attached hydrogens (tertiary/aromatic N) is 1. The first-order chi connectivity index (χ1) is 15.0. The van der Waals surface area contributed by atoms with Crippen molar-refractivity contribution in [1.29, 1.82) is 0 Å². The molecule has 0 bridgehead atoms. The summed E-state index contributed by atoms with van der Waals surface area (Å²) in [5, 5.41) is 16.1. The normalized spacial score (nSPS) is 12.8. The van der Waals surface area contributed by atoms with E-state index in [0.29, 0.717) is 15.8 Å². The summed E-state index contributed by atoms with van der Waals surface area (Å²) in [6.07, 6.45) is 5.90. The molecular formula is C22H24BrN3O5. The lowest BCUT2D eigenvalue weighted by molar-refractivity contribution is -0.127. The SMILES string of the molecule is COc1cc(/C=N\NC(=O)CNC(=O)COc2ccc3c(c2)CCCC3)cc(Br)c1O. The minimum absolute atomic E-state index is 0.0241. The lowest BCUT2D eigenvalue weighted by Gasteiger charge is -2.16. The molecule has 0 radical (unpaired) electrons. The number of aromatic hydroxyl groups is 1. The highest BCUT2D eigenvalue weighted by atomic mass is 79.9. The van der Waals surface area contributed by atoms with E-state index in [9.17, 15) is 14.7 Å². The van der Waals surface area contributed by atoms with Crippen LogP contribution in [0.4, 0.5) is 0 Å². The molecule has 0 fully saturated rings. The summed E-state index contributed by atoms with van der Waals surface area (Å²) in [5.74, 6) is 0.0184. The molecule has 0 aromatic heterocycles. The molecule has 0 spiro atoms. The molecule has 31 heavy (non-hydrogen) atoms. The zero-order chi connectivity index (χ0) is 22.2. The largest absolute Gasteiger partial charge is 0.503 e. The van der Waals surface area contributed by atoms with E-state index in [-0.39, 0.29) is 24.7 Å². The predicted octanol–water partition coefficient (Wildman–Crippen LogP) is 2.69. The lowest BCUT2D eigenvalue weighted by atomic mass is 9.92. The van der Waals surface area contributed by atoms with E-state index in [4.69, 9.17) is 9.47 Å². The van der Waals surface area contributed by atoms with Gasteiger partial charge in [0.05, 0.1) is 24.3 Å². The molecule has 0 atom stereocenters. The lowest BCUT2D eigenvalue weighted by Crippen LogP contribution is -2.37. The first kappa shape index (κ1) is 22.6. The molecule has 3 N–H and O–H groups in total. The second kappa shape index (κ2) is 10.8. The third kappa shape index (κ3) is 6.45. The molecule has 0 aliphatic heterocycles. The second-order valence-electron chi connectivity index (χ2n) is 7.05. The monoisotopic (exact) mass is 489 g/mol. The highest BCUT2D eigenvalue weighted by molar-refractivity contribution is 9.10. The molecule has 0 saturated carbocycles. The maximum absolute atomic E-state index is 11.9. The number of phenols is 1. The molecule has 0 heterocycles. The molecule has 164 valence electrons. The molecular weight excluding hydrogens is 466 g/mol. The number of amides is 2. The van der Waals surface area contributed by atoms with Crippen molar-refractivity contribution in [3.63, 3.8) is 0 Å². The van der Waals surface area contributed by atoms with Gasteiger partial charge in [-0.05, 0) is 82.6 Å². The molecule has 3 rings (SSSR count). The van der Waals surface area contributed by atoms with Gasteiger partial charge in [0.1, 0.15) is 5.75 Å². The number of phenolic OH excluding ortho intramolecular Hbond substituents is 1. The minimum Gasteiger partial charge on any atom is -0.503 e. The van der Waals surface area contributed by atoms with Crippen LogP contribution in [0.25, 0.3) is 0 Å².